The highest BCUT2D eigenvalue weighted by molar-refractivity contribution is 8.00. The van der Waals surface area contributed by atoms with E-state index in [4.69, 9.17) is 0 Å². The molecule has 3 aromatic rings. The molecule has 2 aliphatic rings. The van der Waals surface area contributed by atoms with Gasteiger partial charge >= 0.3 is 0 Å². The number of nitriles is 1. The van der Waals surface area contributed by atoms with Crippen LogP contribution in [0.1, 0.15) is 66.8 Å². The Balaban J connectivity index is 1.36. The Hall–Kier alpha value is -2.63. The van der Waals surface area contributed by atoms with Crippen molar-refractivity contribution < 1.29 is 4.79 Å². The van der Waals surface area contributed by atoms with Gasteiger partial charge in [-0.2, -0.15) is 5.26 Å². The van der Waals surface area contributed by atoms with Gasteiger partial charge in [0.2, 0.25) is 5.91 Å². The zero-order chi connectivity index (χ0) is 22.1. The smallest absolute Gasteiger partial charge is 0.238 e. The standard InChI is InChI=1S/C24H25N5OS2/c1-15(22(30)26-23-19(14-25)18-10-6-3-7-11-20(18)32-23)31-24-28-27-21(16-12-13-16)29(24)17-8-4-2-5-9-17/h2,4-5,8-9,15-16H,3,6-7,10-13H2,1H3,(H,26,30)/t15-/m1/s1. The molecule has 1 atom stereocenters. The number of nitrogens with zero attached hydrogens (tertiary/aromatic N) is 4. The van der Waals surface area contributed by atoms with E-state index in [1.54, 1.807) is 11.3 Å². The van der Waals surface area contributed by atoms with Gasteiger partial charge in [-0.3, -0.25) is 9.36 Å². The van der Waals surface area contributed by atoms with Gasteiger partial charge in [0.25, 0.3) is 0 Å². The van der Waals surface area contributed by atoms with Gasteiger partial charge in [-0.05, 0) is 63.1 Å². The van der Waals surface area contributed by atoms with E-state index >= 15 is 0 Å². The largest absolute Gasteiger partial charge is 0.316 e. The van der Waals surface area contributed by atoms with Crippen LogP contribution < -0.4 is 5.32 Å². The molecule has 2 aromatic heterocycles. The van der Waals surface area contributed by atoms with Crippen molar-refractivity contribution in [3.63, 3.8) is 0 Å². The first-order valence-electron chi connectivity index (χ1n) is 11.2. The van der Waals surface area contributed by atoms with Crippen LogP contribution in [0.4, 0.5) is 5.00 Å². The number of amides is 1. The fraction of sp³-hybridized carbons (Fsp3) is 0.417. The number of benzene rings is 1. The van der Waals surface area contributed by atoms with E-state index in [2.05, 4.69) is 26.2 Å². The monoisotopic (exact) mass is 463 g/mol. The van der Waals surface area contributed by atoms with Gasteiger partial charge < -0.3 is 5.32 Å². The molecular weight excluding hydrogens is 438 g/mol. The van der Waals surface area contributed by atoms with Gasteiger partial charge in [-0.1, -0.05) is 36.4 Å². The molecule has 1 amide bonds. The third-order valence-electron chi connectivity index (χ3n) is 6.04. The molecule has 0 spiro atoms. The molecule has 0 saturated heterocycles. The van der Waals surface area contributed by atoms with E-state index in [1.165, 1.54) is 23.1 Å². The van der Waals surface area contributed by atoms with Crippen molar-refractivity contribution in [2.75, 3.05) is 5.32 Å². The summed E-state index contributed by atoms with van der Waals surface area (Å²) in [5.41, 5.74) is 2.81. The minimum atomic E-state index is -0.373. The van der Waals surface area contributed by atoms with E-state index in [1.807, 2.05) is 37.3 Å². The van der Waals surface area contributed by atoms with Gasteiger partial charge in [0.05, 0.1) is 10.8 Å². The third-order valence-corrected chi connectivity index (χ3v) is 8.29. The summed E-state index contributed by atoms with van der Waals surface area (Å²) >= 11 is 2.98. The average Bonchev–Trinajstić information content (AvgIpc) is 3.54. The van der Waals surface area contributed by atoms with Gasteiger partial charge in [0.1, 0.15) is 16.9 Å². The van der Waals surface area contributed by atoms with Crippen LogP contribution in [0.2, 0.25) is 0 Å². The Morgan fingerprint density at radius 1 is 1.22 bits per heavy atom. The number of carbonyl (C=O) groups excluding carboxylic acids is 1. The van der Waals surface area contributed by atoms with Crippen molar-refractivity contribution in [3.8, 4) is 11.8 Å². The lowest BCUT2D eigenvalue weighted by Crippen LogP contribution is -2.23. The first kappa shape index (κ1) is 21.2. The number of thioether (sulfide) groups is 1. The second-order valence-electron chi connectivity index (χ2n) is 8.42. The van der Waals surface area contributed by atoms with Crippen molar-refractivity contribution in [2.45, 2.75) is 68.2 Å². The topological polar surface area (TPSA) is 83.6 Å². The zero-order valence-electron chi connectivity index (χ0n) is 18.0. The van der Waals surface area contributed by atoms with Crippen molar-refractivity contribution in [2.24, 2.45) is 0 Å². The molecule has 6 nitrogen and oxygen atoms in total. The van der Waals surface area contributed by atoms with Crippen LogP contribution in [-0.4, -0.2) is 25.9 Å². The maximum atomic E-state index is 13.1. The number of para-hydroxylation sites is 1. The quantitative estimate of drug-likeness (QED) is 0.387. The summed E-state index contributed by atoms with van der Waals surface area (Å²) in [6.45, 7) is 1.88. The van der Waals surface area contributed by atoms with E-state index in [0.29, 0.717) is 16.5 Å². The number of hydrogen-bond donors (Lipinski definition) is 1. The number of hydrogen-bond acceptors (Lipinski definition) is 6. The van der Waals surface area contributed by atoms with Crippen LogP contribution in [0, 0.1) is 11.3 Å². The van der Waals surface area contributed by atoms with Crippen LogP contribution in [-0.2, 0) is 17.6 Å². The fourth-order valence-corrected chi connectivity index (χ4v) is 6.27. The summed E-state index contributed by atoms with van der Waals surface area (Å²) in [6.07, 6.45) is 7.65. The fourth-order valence-electron chi connectivity index (χ4n) is 4.16. The van der Waals surface area contributed by atoms with Crippen molar-refractivity contribution in [3.05, 3.63) is 52.2 Å². The first-order valence-corrected chi connectivity index (χ1v) is 12.9. The third kappa shape index (κ3) is 4.19. The predicted octanol–water partition coefficient (Wildman–Crippen LogP) is 5.47. The molecule has 32 heavy (non-hydrogen) atoms. The Morgan fingerprint density at radius 3 is 2.75 bits per heavy atom. The summed E-state index contributed by atoms with van der Waals surface area (Å²) < 4.78 is 2.08. The van der Waals surface area contributed by atoms with E-state index < -0.39 is 0 Å². The van der Waals surface area contributed by atoms with Gasteiger partial charge in [-0.15, -0.1) is 21.5 Å². The highest BCUT2D eigenvalue weighted by Gasteiger charge is 2.32. The van der Waals surface area contributed by atoms with E-state index in [9.17, 15) is 10.1 Å². The van der Waals surface area contributed by atoms with Crippen LogP contribution >= 0.6 is 23.1 Å². The molecule has 1 fully saturated rings. The van der Waals surface area contributed by atoms with Gasteiger partial charge in [0, 0.05) is 16.5 Å². The number of aromatic nitrogens is 3. The Morgan fingerprint density at radius 2 is 2.00 bits per heavy atom. The molecule has 1 aromatic carbocycles. The Bertz CT molecular complexity index is 1170. The molecule has 5 rings (SSSR count). The number of nitrogens with one attached hydrogen (secondary N) is 1. The van der Waals surface area contributed by atoms with Crippen LogP contribution in [0.15, 0.2) is 35.5 Å². The molecular formula is C24H25N5OS2. The molecule has 1 N–H and O–H groups in total. The maximum Gasteiger partial charge on any atom is 0.238 e. The molecule has 0 unspecified atom stereocenters. The highest BCUT2D eigenvalue weighted by atomic mass is 32.2. The molecule has 164 valence electrons. The lowest BCUT2D eigenvalue weighted by Gasteiger charge is -2.13. The van der Waals surface area contributed by atoms with Gasteiger partial charge in [-0.25, -0.2) is 0 Å². The van der Waals surface area contributed by atoms with Crippen LogP contribution in [0.5, 0.6) is 0 Å². The molecule has 0 aliphatic heterocycles. The minimum absolute atomic E-state index is 0.113. The van der Waals surface area contributed by atoms with Crippen LogP contribution in [0.25, 0.3) is 5.69 Å². The highest BCUT2D eigenvalue weighted by Crippen LogP contribution is 2.42. The SMILES string of the molecule is C[C@@H](Sc1nnc(C2CC2)n1-c1ccccc1)C(=O)Nc1sc2c(c1C#N)CCCCC2. The molecule has 8 heteroatoms. The normalized spacial score (nSPS) is 16.6. The number of aryl methyl sites for hydroxylation is 1. The minimum Gasteiger partial charge on any atom is -0.316 e. The van der Waals surface area contributed by atoms with Crippen molar-refractivity contribution in [1.29, 1.82) is 5.26 Å². The first-order chi connectivity index (χ1) is 15.7. The number of anilines is 1. The van der Waals surface area contributed by atoms with Gasteiger partial charge in [0.15, 0.2) is 5.16 Å². The molecule has 2 aliphatic carbocycles. The molecule has 1 saturated carbocycles. The van der Waals surface area contributed by atoms with Crippen molar-refractivity contribution in [1.82, 2.24) is 14.8 Å². The molecule has 0 radical (unpaired) electrons. The number of thiophene rings is 1. The lowest BCUT2D eigenvalue weighted by molar-refractivity contribution is -0.115. The molecule has 0 bridgehead atoms. The summed E-state index contributed by atoms with van der Waals surface area (Å²) in [6, 6.07) is 12.4. The maximum absolute atomic E-state index is 13.1. The zero-order valence-corrected chi connectivity index (χ0v) is 19.6. The second kappa shape index (κ2) is 9.08. The summed E-state index contributed by atoms with van der Waals surface area (Å²) in [7, 11) is 0. The number of carbonyl (C=O) groups is 1. The lowest BCUT2D eigenvalue weighted by atomic mass is 10.1. The van der Waals surface area contributed by atoms with Crippen LogP contribution in [0.3, 0.4) is 0 Å². The average molecular weight is 464 g/mol. The second-order valence-corrected chi connectivity index (χ2v) is 10.8. The van der Waals surface area contributed by atoms with Crippen molar-refractivity contribution >= 4 is 34.0 Å². The predicted molar refractivity (Wildman–Crippen MR) is 128 cm³/mol. The summed E-state index contributed by atoms with van der Waals surface area (Å²) in [4.78, 5) is 14.3. The molecule has 2 heterocycles. The number of rotatable bonds is 6. The summed E-state index contributed by atoms with van der Waals surface area (Å²) in [5.74, 6) is 1.31. The Labute approximate surface area is 196 Å². The number of fused-ring (bicyclic) bond motifs is 1. The van der Waals surface area contributed by atoms with E-state index in [0.717, 1.165) is 60.8 Å². The van der Waals surface area contributed by atoms with E-state index in [-0.39, 0.29) is 11.2 Å². The Kier molecular flexibility index (Phi) is 6.03. The summed E-state index contributed by atoms with van der Waals surface area (Å²) in [5, 5.41) is 22.7.